The molecule has 0 bridgehead atoms. The molecule has 2 heterocycles. The van der Waals surface area contributed by atoms with Gasteiger partial charge in [-0.2, -0.15) is 11.3 Å². The highest BCUT2D eigenvalue weighted by molar-refractivity contribution is 7.07. The standard InChI is InChI=1S/C16H18N2OS/c1-11(13-6-8-20-10-13)18-16(19)15-4-2-3-12-9-17-7-5-14(12)15/h2-4,6,8,10-11,17H,5,7,9H2,1H3,(H,18,19). The van der Waals surface area contributed by atoms with Crippen LogP contribution in [0.3, 0.4) is 0 Å². The third-order valence-corrected chi connectivity index (χ3v) is 4.48. The minimum Gasteiger partial charge on any atom is -0.345 e. The second-order valence-corrected chi connectivity index (χ2v) is 5.90. The smallest absolute Gasteiger partial charge is 0.252 e. The zero-order valence-electron chi connectivity index (χ0n) is 11.5. The first kappa shape index (κ1) is 13.3. The normalized spacial score (nSPS) is 15.4. The molecule has 3 nitrogen and oxygen atoms in total. The predicted molar refractivity (Wildman–Crippen MR) is 82.1 cm³/mol. The van der Waals surface area contributed by atoms with E-state index in [1.807, 2.05) is 24.4 Å². The van der Waals surface area contributed by atoms with Crippen LogP contribution in [0.25, 0.3) is 0 Å². The van der Waals surface area contributed by atoms with Crippen LogP contribution in [0.4, 0.5) is 0 Å². The third kappa shape index (κ3) is 2.62. The van der Waals surface area contributed by atoms with Crippen molar-refractivity contribution in [3.63, 3.8) is 0 Å². The van der Waals surface area contributed by atoms with Crippen molar-refractivity contribution in [3.8, 4) is 0 Å². The molecule has 2 aromatic rings. The molecule has 4 heteroatoms. The molecule has 1 aromatic heterocycles. The molecule has 1 aliphatic heterocycles. The van der Waals surface area contributed by atoms with Crippen molar-refractivity contribution in [2.75, 3.05) is 6.54 Å². The summed E-state index contributed by atoms with van der Waals surface area (Å²) in [7, 11) is 0. The number of carbonyl (C=O) groups excluding carboxylic acids is 1. The minimum atomic E-state index is 0.0300. The largest absolute Gasteiger partial charge is 0.345 e. The molecule has 1 amide bonds. The van der Waals surface area contributed by atoms with Crippen molar-refractivity contribution >= 4 is 17.2 Å². The lowest BCUT2D eigenvalue weighted by Gasteiger charge is -2.21. The Labute approximate surface area is 123 Å². The fourth-order valence-corrected chi connectivity index (χ4v) is 3.38. The highest BCUT2D eigenvalue weighted by Gasteiger charge is 2.18. The Kier molecular flexibility index (Phi) is 3.85. The quantitative estimate of drug-likeness (QED) is 0.911. The molecule has 0 saturated carbocycles. The van der Waals surface area contributed by atoms with Crippen molar-refractivity contribution in [2.24, 2.45) is 0 Å². The molecule has 2 N–H and O–H groups in total. The van der Waals surface area contributed by atoms with E-state index in [4.69, 9.17) is 0 Å². The van der Waals surface area contributed by atoms with E-state index < -0.39 is 0 Å². The van der Waals surface area contributed by atoms with E-state index in [1.165, 1.54) is 11.1 Å². The summed E-state index contributed by atoms with van der Waals surface area (Å²) >= 11 is 1.65. The Morgan fingerprint density at radius 1 is 1.40 bits per heavy atom. The Balaban J connectivity index is 1.81. The van der Waals surface area contributed by atoms with E-state index in [2.05, 4.69) is 28.1 Å². The van der Waals surface area contributed by atoms with Crippen LogP contribution in [0.15, 0.2) is 35.0 Å². The van der Waals surface area contributed by atoms with Gasteiger partial charge in [0.2, 0.25) is 0 Å². The lowest BCUT2D eigenvalue weighted by molar-refractivity contribution is 0.0938. The molecule has 0 saturated heterocycles. The van der Waals surface area contributed by atoms with Gasteiger partial charge in [-0.25, -0.2) is 0 Å². The predicted octanol–water partition coefficient (Wildman–Crippen LogP) is 2.88. The first-order valence-electron chi connectivity index (χ1n) is 6.90. The molecular weight excluding hydrogens is 268 g/mol. The van der Waals surface area contributed by atoms with Gasteiger partial charge in [0.05, 0.1) is 6.04 Å². The summed E-state index contributed by atoms with van der Waals surface area (Å²) in [6.45, 7) is 3.82. The average molecular weight is 286 g/mol. The van der Waals surface area contributed by atoms with Crippen molar-refractivity contribution in [3.05, 3.63) is 57.3 Å². The fraction of sp³-hybridized carbons (Fsp3) is 0.312. The Morgan fingerprint density at radius 2 is 2.30 bits per heavy atom. The van der Waals surface area contributed by atoms with Gasteiger partial charge in [0, 0.05) is 12.1 Å². The second kappa shape index (κ2) is 5.77. The number of amides is 1. The number of fused-ring (bicyclic) bond motifs is 1. The SMILES string of the molecule is CC(NC(=O)c1cccc2c1CCNC2)c1ccsc1. The van der Waals surface area contributed by atoms with Crippen LogP contribution in [-0.2, 0) is 13.0 Å². The first-order chi connectivity index (χ1) is 9.75. The van der Waals surface area contributed by atoms with Crippen molar-refractivity contribution in [2.45, 2.75) is 25.9 Å². The topological polar surface area (TPSA) is 41.1 Å². The Hall–Kier alpha value is -1.65. The van der Waals surface area contributed by atoms with E-state index >= 15 is 0 Å². The maximum atomic E-state index is 12.5. The second-order valence-electron chi connectivity index (χ2n) is 5.12. The van der Waals surface area contributed by atoms with Crippen LogP contribution in [-0.4, -0.2) is 12.5 Å². The number of carbonyl (C=O) groups is 1. The molecular formula is C16H18N2OS. The molecule has 20 heavy (non-hydrogen) atoms. The van der Waals surface area contributed by atoms with Gasteiger partial charge in [-0.15, -0.1) is 0 Å². The van der Waals surface area contributed by atoms with Crippen molar-refractivity contribution in [1.29, 1.82) is 0 Å². The van der Waals surface area contributed by atoms with Gasteiger partial charge in [-0.3, -0.25) is 4.79 Å². The molecule has 1 aliphatic rings. The number of rotatable bonds is 3. The van der Waals surface area contributed by atoms with E-state index in [1.54, 1.807) is 11.3 Å². The van der Waals surface area contributed by atoms with Gasteiger partial charge in [0.25, 0.3) is 5.91 Å². The minimum absolute atomic E-state index is 0.0300. The van der Waals surface area contributed by atoms with Gasteiger partial charge < -0.3 is 10.6 Å². The maximum Gasteiger partial charge on any atom is 0.252 e. The molecule has 104 valence electrons. The summed E-state index contributed by atoms with van der Waals surface area (Å²) in [5.74, 6) is 0.0300. The zero-order valence-corrected chi connectivity index (χ0v) is 12.3. The number of hydrogen-bond donors (Lipinski definition) is 2. The van der Waals surface area contributed by atoms with Crippen molar-refractivity contribution in [1.82, 2.24) is 10.6 Å². The summed E-state index contributed by atoms with van der Waals surface area (Å²) in [5, 5.41) is 10.6. The number of thiophene rings is 1. The number of benzene rings is 1. The molecule has 1 atom stereocenters. The lowest BCUT2D eigenvalue weighted by Crippen LogP contribution is -2.30. The van der Waals surface area contributed by atoms with Gasteiger partial charge in [0.15, 0.2) is 0 Å². The van der Waals surface area contributed by atoms with Crippen LogP contribution >= 0.6 is 11.3 Å². The van der Waals surface area contributed by atoms with Gasteiger partial charge in [0.1, 0.15) is 0 Å². The fourth-order valence-electron chi connectivity index (χ4n) is 2.62. The highest BCUT2D eigenvalue weighted by atomic mass is 32.1. The van der Waals surface area contributed by atoms with E-state index in [-0.39, 0.29) is 11.9 Å². The molecule has 0 aliphatic carbocycles. The average Bonchev–Trinajstić information content (AvgIpc) is 3.01. The molecule has 0 fully saturated rings. The zero-order chi connectivity index (χ0) is 13.9. The number of hydrogen-bond acceptors (Lipinski definition) is 3. The molecule has 0 radical (unpaired) electrons. The summed E-state index contributed by atoms with van der Waals surface area (Å²) in [6, 6.07) is 8.10. The van der Waals surface area contributed by atoms with Gasteiger partial charge in [-0.05, 0) is 59.5 Å². The summed E-state index contributed by atoms with van der Waals surface area (Å²) in [4.78, 5) is 12.5. The number of nitrogens with one attached hydrogen (secondary N) is 2. The maximum absolute atomic E-state index is 12.5. The first-order valence-corrected chi connectivity index (χ1v) is 7.84. The van der Waals surface area contributed by atoms with Crippen molar-refractivity contribution < 1.29 is 4.79 Å². The molecule has 0 spiro atoms. The van der Waals surface area contributed by atoms with Crippen LogP contribution < -0.4 is 10.6 Å². The summed E-state index contributed by atoms with van der Waals surface area (Å²) in [6.07, 6.45) is 0.922. The third-order valence-electron chi connectivity index (χ3n) is 3.78. The lowest BCUT2D eigenvalue weighted by atomic mass is 9.95. The van der Waals surface area contributed by atoms with E-state index in [0.717, 1.165) is 30.6 Å². The molecule has 1 aromatic carbocycles. The molecule has 3 rings (SSSR count). The van der Waals surface area contributed by atoms with Crippen LogP contribution in [0, 0.1) is 0 Å². The summed E-state index contributed by atoms with van der Waals surface area (Å²) in [5.41, 5.74) is 4.43. The van der Waals surface area contributed by atoms with E-state index in [0.29, 0.717) is 0 Å². The van der Waals surface area contributed by atoms with Crippen LogP contribution in [0.2, 0.25) is 0 Å². The van der Waals surface area contributed by atoms with Crippen LogP contribution in [0.1, 0.15) is 40.0 Å². The Bertz CT molecular complexity index is 607. The highest BCUT2D eigenvalue weighted by Crippen LogP contribution is 2.21. The summed E-state index contributed by atoms with van der Waals surface area (Å²) < 4.78 is 0. The molecule has 1 unspecified atom stereocenters. The van der Waals surface area contributed by atoms with Crippen LogP contribution in [0.5, 0.6) is 0 Å². The van der Waals surface area contributed by atoms with E-state index in [9.17, 15) is 4.79 Å². The Morgan fingerprint density at radius 3 is 3.10 bits per heavy atom. The van der Waals surface area contributed by atoms with Gasteiger partial charge >= 0.3 is 0 Å². The monoisotopic (exact) mass is 286 g/mol. The van der Waals surface area contributed by atoms with Gasteiger partial charge in [-0.1, -0.05) is 12.1 Å².